The molecule has 0 heterocycles. The molecule has 4 aromatic carbocycles. The summed E-state index contributed by atoms with van der Waals surface area (Å²) in [7, 11) is -8.30. The van der Waals surface area contributed by atoms with Gasteiger partial charge in [-0.15, -0.1) is 0 Å². The van der Waals surface area contributed by atoms with E-state index in [4.69, 9.17) is 0 Å². The molecule has 0 N–H and O–H groups in total. The van der Waals surface area contributed by atoms with E-state index < -0.39 is 19.7 Å². The van der Waals surface area contributed by atoms with Crippen molar-refractivity contribution in [3.8, 4) is 11.1 Å². The van der Waals surface area contributed by atoms with E-state index in [-0.39, 0.29) is 19.6 Å². The topological polar surface area (TPSA) is 68.3 Å². The molecule has 0 radical (unpaired) electrons. The predicted octanol–water partition coefficient (Wildman–Crippen LogP) is 6.54. The third-order valence-electron chi connectivity index (χ3n) is 4.87. The van der Waals surface area contributed by atoms with E-state index >= 15 is 0 Å². The molecule has 162 valence electrons. The summed E-state index contributed by atoms with van der Waals surface area (Å²) in [6.45, 7) is 0. The highest BCUT2D eigenvalue weighted by Gasteiger charge is 2.32. The van der Waals surface area contributed by atoms with Crippen molar-refractivity contribution in [2.75, 3.05) is 0 Å². The summed E-state index contributed by atoms with van der Waals surface area (Å²) >= 11 is 6.61. The Hall–Kier alpha value is -2.26. The van der Waals surface area contributed by atoms with Crippen molar-refractivity contribution >= 4 is 51.5 Å². The molecule has 0 spiro atoms. The normalized spacial score (nSPS) is 11.9. The van der Waals surface area contributed by atoms with Gasteiger partial charge in [0.15, 0.2) is 0 Å². The molecule has 0 aromatic heterocycles. The van der Waals surface area contributed by atoms with Crippen molar-refractivity contribution in [1.82, 2.24) is 0 Å². The van der Waals surface area contributed by atoms with Crippen LogP contribution in [0.25, 0.3) is 11.1 Å². The first-order chi connectivity index (χ1) is 15.2. The van der Waals surface area contributed by atoms with Crippen LogP contribution in [0.5, 0.6) is 0 Å². The third kappa shape index (κ3) is 4.32. The van der Waals surface area contributed by atoms with Gasteiger partial charge in [0.05, 0.1) is 19.6 Å². The van der Waals surface area contributed by atoms with Gasteiger partial charge in [0, 0.05) is 14.5 Å². The molecular formula is C24H16Br2O4S2. The molecule has 0 saturated carbocycles. The van der Waals surface area contributed by atoms with Gasteiger partial charge in [0.1, 0.15) is 0 Å². The zero-order chi connectivity index (χ0) is 22.9. The fraction of sp³-hybridized carbons (Fsp3) is 0. The van der Waals surface area contributed by atoms with Gasteiger partial charge in [-0.1, -0.05) is 74.3 Å². The van der Waals surface area contributed by atoms with Crippen molar-refractivity contribution in [3.63, 3.8) is 0 Å². The maximum absolute atomic E-state index is 13.8. The van der Waals surface area contributed by atoms with Crippen LogP contribution in [0.4, 0.5) is 0 Å². The lowest BCUT2D eigenvalue weighted by atomic mass is 10.1. The first-order valence-corrected chi connectivity index (χ1v) is 14.0. The summed E-state index contributed by atoms with van der Waals surface area (Å²) in [5.74, 6) is 0. The average molecular weight is 592 g/mol. The van der Waals surface area contributed by atoms with Crippen LogP contribution in [0.15, 0.2) is 126 Å². The fourth-order valence-electron chi connectivity index (χ4n) is 3.32. The lowest BCUT2D eigenvalue weighted by molar-refractivity contribution is 0.583. The van der Waals surface area contributed by atoms with E-state index in [0.29, 0.717) is 11.1 Å². The zero-order valence-corrected chi connectivity index (χ0v) is 21.2. The second-order valence-electron chi connectivity index (χ2n) is 6.91. The maximum Gasteiger partial charge on any atom is 0.208 e. The number of rotatable bonds is 5. The maximum atomic E-state index is 13.8. The molecule has 0 aliphatic heterocycles. The van der Waals surface area contributed by atoms with Crippen molar-refractivity contribution < 1.29 is 16.8 Å². The molecule has 8 heteroatoms. The third-order valence-corrected chi connectivity index (χ3v) is 9.74. The van der Waals surface area contributed by atoms with Gasteiger partial charge in [-0.25, -0.2) is 16.8 Å². The highest BCUT2D eigenvalue weighted by molar-refractivity contribution is 9.10. The SMILES string of the molecule is O=S(=O)(c1ccc(Br)cc1)c1cccc(-c2ccccc2)c1S(=O)(=O)c1ccc(Br)cc1. The van der Waals surface area contributed by atoms with Crippen molar-refractivity contribution in [3.05, 3.63) is 106 Å². The van der Waals surface area contributed by atoms with Crippen LogP contribution in [-0.2, 0) is 19.7 Å². The minimum atomic E-state index is -4.17. The molecule has 0 unspecified atom stereocenters. The van der Waals surface area contributed by atoms with Crippen LogP contribution in [0.1, 0.15) is 0 Å². The van der Waals surface area contributed by atoms with E-state index in [1.165, 1.54) is 30.3 Å². The molecule has 0 aliphatic rings. The number of halogens is 2. The monoisotopic (exact) mass is 590 g/mol. The van der Waals surface area contributed by atoms with Gasteiger partial charge >= 0.3 is 0 Å². The van der Waals surface area contributed by atoms with E-state index in [1.54, 1.807) is 60.7 Å². The number of hydrogen-bond acceptors (Lipinski definition) is 4. The zero-order valence-electron chi connectivity index (χ0n) is 16.4. The molecule has 0 saturated heterocycles. The van der Waals surface area contributed by atoms with Crippen LogP contribution >= 0.6 is 31.9 Å². The van der Waals surface area contributed by atoms with Gasteiger partial charge in [-0.2, -0.15) is 0 Å². The molecule has 4 rings (SSSR count). The van der Waals surface area contributed by atoms with Gasteiger partial charge in [0.25, 0.3) is 0 Å². The Morgan fingerprint density at radius 1 is 0.500 bits per heavy atom. The molecule has 4 aromatic rings. The van der Waals surface area contributed by atoms with Gasteiger partial charge in [0.2, 0.25) is 19.7 Å². The highest BCUT2D eigenvalue weighted by atomic mass is 79.9. The number of benzene rings is 4. The van der Waals surface area contributed by atoms with Crippen LogP contribution < -0.4 is 0 Å². The molecule has 0 amide bonds. The minimum Gasteiger partial charge on any atom is -0.218 e. The highest BCUT2D eigenvalue weighted by Crippen LogP contribution is 2.38. The van der Waals surface area contributed by atoms with Gasteiger partial charge < -0.3 is 0 Å². The van der Waals surface area contributed by atoms with E-state index in [9.17, 15) is 16.8 Å². The largest absolute Gasteiger partial charge is 0.218 e. The van der Waals surface area contributed by atoms with Crippen molar-refractivity contribution in [1.29, 1.82) is 0 Å². The van der Waals surface area contributed by atoms with E-state index in [1.807, 2.05) is 6.07 Å². The molecule has 32 heavy (non-hydrogen) atoms. The summed E-state index contributed by atoms with van der Waals surface area (Å²) in [6.07, 6.45) is 0. The van der Waals surface area contributed by atoms with Gasteiger partial charge in [-0.3, -0.25) is 0 Å². The summed E-state index contributed by atoms with van der Waals surface area (Å²) in [5.41, 5.74) is 0.933. The summed E-state index contributed by atoms with van der Waals surface area (Å²) in [4.78, 5) is -0.477. The Bertz CT molecular complexity index is 1480. The number of hydrogen-bond donors (Lipinski definition) is 0. The van der Waals surface area contributed by atoms with Crippen molar-refractivity contribution in [2.24, 2.45) is 0 Å². The molecule has 0 atom stereocenters. The average Bonchev–Trinajstić information content (AvgIpc) is 2.80. The Balaban J connectivity index is 2.06. The minimum absolute atomic E-state index is 0.0105. The summed E-state index contributed by atoms with van der Waals surface area (Å²) in [5, 5.41) is 0. The van der Waals surface area contributed by atoms with Crippen LogP contribution in [-0.4, -0.2) is 16.8 Å². The second-order valence-corrected chi connectivity index (χ2v) is 12.5. The molecule has 0 fully saturated rings. The standard InChI is InChI=1S/C24H16Br2O4S2/c25-18-9-13-20(14-10-18)31(27,28)23-8-4-7-22(17-5-2-1-3-6-17)24(23)32(29,30)21-15-11-19(26)12-16-21/h1-16H. The van der Waals surface area contributed by atoms with Gasteiger partial charge in [-0.05, 0) is 60.2 Å². The van der Waals surface area contributed by atoms with E-state index in [2.05, 4.69) is 31.9 Å². The Morgan fingerprint density at radius 3 is 1.53 bits per heavy atom. The smallest absolute Gasteiger partial charge is 0.208 e. The predicted molar refractivity (Wildman–Crippen MR) is 131 cm³/mol. The Morgan fingerprint density at radius 2 is 1.00 bits per heavy atom. The second kappa shape index (κ2) is 8.94. The van der Waals surface area contributed by atoms with E-state index in [0.717, 1.165) is 8.95 Å². The fourth-order valence-corrected chi connectivity index (χ4v) is 7.41. The molecular weight excluding hydrogens is 576 g/mol. The first kappa shape index (κ1) is 22.9. The first-order valence-electron chi connectivity index (χ1n) is 9.41. The van der Waals surface area contributed by atoms with Crippen LogP contribution in [0.2, 0.25) is 0 Å². The number of sulfone groups is 2. The quantitative estimate of drug-likeness (QED) is 0.264. The van der Waals surface area contributed by atoms with Crippen molar-refractivity contribution in [2.45, 2.75) is 19.6 Å². The molecule has 4 nitrogen and oxygen atoms in total. The lowest BCUT2D eigenvalue weighted by Crippen LogP contribution is -2.12. The van der Waals surface area contributed by atoms with Crippen LogP contribution in [0.3, 0.4) is 0 Å². The lowest BCUT2D eigenvalue weighted by Gasteiger charge is -2.16. The Kier molecular flexibility index (Phi) is 6.40. The summed E-state index contributed by atoms with van der Waals surface area (Å²) in [6, 6.07) is 25.7. The Labute approximate surface area is 204 Å². The summed E-state index contributed by atoms with van der Waals surface area (Å²) < 4.78 is 56.2. The van der Waals surface area contributed by atoms with Crippen LogP contribution in [0, 0.1) is 0 Å². The molecule has 0 bridgehead atoms. The molecule has 0 aliphatic carbocycles.